The van der Waals surface area contributed by atoms with Crippen LogP contribution in [0.5, 0.6) is 0 Å². The molecule has 0 N–H and O–H groups in total. The Hall–Kier alpha value is -0.580. The zero-order valence-corrected chi connectivity index (χ0v) is 6.97. The van der Waals surface area contributed by atoms with E-state index >= 15 is 0 Å². The average Bonchev–Trinajstić information content (AvgIpc) is 2.03. The molecule has 0 aromatic carbocycles. The second-order valence-corrected chi connectivity index (χ2v) is 3.72. The highest BCUT2D eigenvalue weighted by atomic mass is 19.4. The molecule has 0 saturated carbocycles. The van der Waals surface area contributed by atoms with Crippen molar-refractivity contribution in [1.82, 2.24) is 4.90 Å². The third-order valence-corrected chi connectivity index (χ3v) is 2.91. The van der Waals surface area contributed by atoms with Gasteiger partial charge in [-0.15, -0.1) is 0 Å². The fourth-order valence-corrected chi connectivity index (χ4v) is 2.17. The largest absolute Gasteiger partial charge is 0.404 e. The molecule has 0 amide bonds. The zero-order valence-electron chi connectivity index (χ0n) is 6.97. The van der Waals surface area contributed by atoms with Gasteiger partial charge in [0.05, 0.1) is 6.54 Å². The molecule has 3 aliphatic heterocycles. The number of alkyl halides is 3. The van der Waals surface area contributed by atoms with Crippen molar-refractivity contribution in [2.75, 3.05) is 13.1 Å². The van der Waals surface area contributed by atoms with Crippen molar-refractivity contribution in [3.8, 4) is 0 Å². The smallest absolute Gasteiger partial charge is 0.298 e. The van der Waals surface area contributed by atoms with Crippen molar-refractivity contribution < 1.29 is 18.0 Å². The number of rotatable bonds is 0. The molecule has 2 bridgehead atoms. The first-order valence-electron chi connectivity index (χ1n) is 4.32. The predicted molar refractivity (Wildman–Crippen MR) is 39.1 cm³/mol. The van der Waals surface area contributed by atoms with Gasteiger partial charge in [0.15, 0.2) is 0 Å². The van der Waals surface area contributed by atoms with Gasteiger partial charge in [-0.2, -0.15) is 13.2 Å². The van der Waals surface area contributed by atoms with Gasteiger partial charge in [-0.05, 0) is 19.4 Å². The van der Waals surface area contributed by atoms with E-state index in [0.717, 1.165) is 0 Å². The molecule has 3 heterocycles. The summed E-state index contributed by atoms with van der Waals surface area (Å²) in [6.07, 6.45) is -3.59. The lowest BCUT2D eigenvalue weighted by Gasteiger charge is -2.44. The topological polar surface area (TPSA) is 20.3 Å². The van der Waals surface area contributed by atoms with E-state index in [-0.39, 0.29) is 24.7 Å². The number of ketones is 1. The first kappa shape index (κ1) is 8.99. The molecule has 0 aliphatic carbocycles. The van der Waals surface area contributed by atoms with Gasteiger partial charge in [0.2, 0.25) is 0 Å². The molecule has 0 aromatic rings. The molecular formula is C8H10F3NO. The van der Waals surface area contributed by atoms with Crippen LogP contribution < -0.4 is 0 Å². The maximum Gasteiger partial charge on any atom is 0.404 e. The van der Waals surface area contributed by atoms with Gasteiger partial charge in [0.1, 0.15) is 11.8 Å². The minimum atomic E-state index is -4.17. The molecule has 3 atom stereocenters. The SMILES string of the molecule is O=C1CN2CCC1CC2C(F)(F)F. The van der Waals surface area contributed by atoms with Crippen LogP contribution >= 0.6 is 0 Å². The van der Waals surface area contributed by atoms with Crippen LogP contribution in [-0.4, -0.2) is 36.0 Å². The summed E-state index contributed by atoms with van der Waals surface area (Å²) >= 11 is 0. The van der Waals surface area contributed by atoms with Gasteiger partial charge in [-0.25, -0.2) is 0 Å². The fourth-order valence-electron chi connectivity index (χ4n) is 2.17. The molecule has 3 unspecified atom stereocenters. The molecule has 3 saturated heterocycles. The summed E-state index contributed by atoms with van der Waals surface area (Å²) in [6, 6.07) is -1.37. The first-order chi connectivity index (χ1) is 5.98. The monoisotopic (exact) mass is 193 g/mol. The van der Waals surface area contributed by atoms with E-state index < -0.39 is 12.2 Å². The Labute approximate surface area is 73.7 Å². The summed E-state index contributed by atoms with van der Waals surface area (Å²) in [5.41, 5.74) is 0. The molecule has 0 aromatic heterocycles. The van der Waals surface area contributed by atoms with Gasteiger partial charge in [-0.1, -0.05) is 0 Å². The van der Waals surface area contributed by atoms with Crippen LogP contribution in [0.4, 0.5) is 13.2 Å². The molecule has 3 rings (SSSR count). The number of carbonyl (C=O) groups is 1. The normalized spacial score (nSPS) is 39.6. The number of hydrogen-bond acceptors (Lipinski definition) is 2. The Bertz CT molecular complexity index is 238. The molecule has 13 heavy (non-hydrogen) atoms. The van der Waals surface area contributed by atoms with Crippen LogP contribution in [0.2, 0.25) is 0 Å². The van der Waals surface area contributed by atoms with E-state index in [0.29, 0.717) is 13.0 Å². The van der Waals surface area contributed by atoms with Crippen LogP contribution in [0.1, 0.15) is 12.8 Å². The molecule has 2 nitrogen and oxygen atoms in total. The minimum Gasteiger partial charge on any atom is -0.298 e. The lowest BCUT2D eigenvalue weighted by molar-refractivity contribution is -0.204. The average molecular weight is 193 g/mol. The fraction of sp³-hybridized carbons (Fsp3) is 0.875. The van der Waals surface area contributed by atoms with Crippen molar-refractivity contribution in [2.45, 2.75) is 25.1 Å². The van der Waals surface area contributed by atoms with Gasteiger partial charge >= 0.3 is 6.18 Å². The van der Waals surface area contributed by atoms with Crippen molar-refractivity contribution in [3.63, 3.8) is 0 Å². The van der Waals surface area contributed by atoms with E-state index in [1.54, 1.807) is 0 Å². The van der Waals surface area contributed by atoms with E-state index in [1.807, 2.05) is 0 Å². The maximum absolute atomic E-state index is 12.4. The van der Waals surface area contributed by atoms with Gasteiger partial charge in [-0.3, -0.25) is 9.69 Å². The van der Waals surface area contributed by atoms with E-state index in [2.05, 4.69) is 0 Å². The lowest BCUT2D eigenvalue weighted by Crippen LogP contribution is -2.58. The van der Waals surface area contributed by atoms with Crippen molar-refractivity contribution in [2.24, 2.45) is 5.92 Å². The summed E-state index contributed by atoms with van der Waals surface area (Å²) in [5, 5.41) is 0. The number of piperidine rings is 3. The minimum absolute atomic E-state index is 0.00512. The number of carbonyl (C=O) groups excluding carboxylic acids is 1. The summed E-state index contributed by atoms with van der Waals surface area (Å²) in [4.78, 5) is 12.4. The molecular weight excluding hydrogens is 183 g/mol. The van der Waals surface area contributed by atoms with Gasteiger partial charge in [0, 0.05) is 5.92 Å². The lowest BCUT2D eigenvalue weighted by atomic mass is 9.82. The predicted octanol–water partition coefficient (Wildman–Crippen LogP) is 1.21. The second-order valence-electron chi connectivity index (χ2n) is 3.72. The maximum atomic E-state index is 12.4. The van der Waals surface area contributed by atoms with Crippen molar-refractivity contribution in [1.29, 1.82) is 0 Å². The van der Waals surface area contributed by atoms with Gasteiger partial charge < -0.3 is 0 Å². The Kier molecular flexibility index (Phi) is 1.87. The standard InChI is InChI=1S/C8H10F3NO/c9-8(10,11)7-3-5-1-2-12(7)4-6(5)13/h5,7H,1-4H2. The molecule has 3 aliphatic rings. The third-order valence-electron chi connectivity index (χ3n) is 2.91. The molecule has 3 fully saturated rings. The van der Waals surface area contributed by atoms with Crippen LogP contribution in [0.15, 0.2) is 0 Å². The Morgan fingerprint density at radius 3 is 2.46 bits per heavy atom. The number of halogens is 3. The van der Waals surface area contributed by atoms with Crippen LogP contribution in [0.25, 0.3) is 0 Å². The van der Waals surface area contributed by atoms with Crippen LogP contribution in [-0.2, 0) is 4.79 Å². The highest BCUT2D eigenvalue weighted by Crippen LogP contribution is 2.37. The zero-order chi connectivity index (χ0) is 9.64. The quantitative estimate of drug-likeness (QED) is 0.576. The number of Topliss-reactive ketones (excluding diaryl/α,β-unsaturated/α-hetero) is 1. The number of fused-ring (bicyclic) bond motifs is 3. The number of nitrogens with zero attached hydrogens (tertiary/aromatic N) is 1. The second kappa shape index (κ2) is 2.70. The summed E-state index contributed by atoms with van der Waals surface area (Å²) in [6.45, 7) is 0.412. The summed E-state index contributed by atoms with van der Waals surface area (Å²) in [5.74, 6) is -0.358. The van der Waals surface area contributed by atoms with E-state index in [9.17, 15) is 18.0 Å². The third kappa shape index (κ3) is 1.45. The Morgan fingerprint density at radius 1 is 1.38 bits per heavy atom. The number of hydrogen-bond donors (Lipinski definition) is 0. The molecule has 74 valence electrons. The highest BCUT2D eigenvalue weighted by molar-refractivity contribution is 5.84. The first-order valence-corrected chi connectivity index (χ1v) is 4.32. The van der Waals surface area contributed by atoms with Crippen molar-refractivity contribution >= 4 is 5.78 Å². The van der Waals surface area contributed by atoms with Crippen LogP contribution in [0, 0.1) is 5.92 Å². The highest BCUT2D eigenvalue weighted by Gasteiger charge is 2.51. The molecule has 5 heteroatoms. The van der Waals surface area contributed by atoms with E-state index in [4.69, 9.17) is 0 Å². The van der Waals surface area contributed by atoms with Gasteiger partial charge in [0.25, 0.3) is 0 Å². The Morgan fingerprint density at radius 2 is 2.08 bits per heavy atom. The van der Waals surface area contributed by atoms with Crippen LogP contribution in [0.3, 0.4) is 0 Å². The molecule has 0 spiro atoms. The van der Waals surface area contributed by atoms with Crippen molar-refractivity contribution in [3.05, 3.63) is 0 Å². The Balaban J connectivity index is 2.15. The molecule has 0 radical (unpaired) electrons. The van der Waals surface area contributed by atoms with E-state index in [1.165, 1.54) is 4.90 Å². The summed E-state index contributed by atoms with van der Waals surface area (Å²) < 4.78 is 37.1. The summed E-state index contributed by atoms with van der Waals surface area (Å²) in [7, 11) is 0.